The van der Waals surface area contributed by atoms with Crippen molar-refractivity contribution in [2.45, 2.75) is 6.42 Å². The van der Waals surface area contributed by atoms with Crippen molar-refractivity contribution < 1.29 is 14.6 Å². The average Bonchev–Trinajstić information content (AvgIpc) is 2.47. The molecule has 0 fully saturated rings. The molecule has 4 nitrogen and oxygen atoms in total. The first-order chi connectivity index (χ1) is 9.65. The lowest BCUT2D eigenvalue weighted by Crippen LogP contribution is -2.25. The van der Waals surface area contributed by atoms with Gasteiger partial charge in [-0.2, -0.15) is 0 Å². The van der Waals surface area contributed by atoms with Gasteiger partial charge in [-0.25, -0.2) is 0 Å². The van der Waals surface area contributed by atoms with E-state index in [0.717, 1.165) is 10.8 Å². The molecule has 0 saturated heterocycles. The topological polar surface area (TPSA) is 58.6 Å². The molecule has 0 heterocycles. The Balaban J connectivity index is 2.25. The number of rotatable bonds is 5. The lowest BCUT2D eigenvalue weighted by Gasteiger charge is -2.10. The molecule has 0 radical (unpaired) electrons. The summed E-state index contributed by atoms with van der Waals surface area (Å²) in [4.78, 5) is 12.1. The zero-order valence-electron chi connectivity index (χ0n) is 11.1. The summed E-state index contributed by atoms with van der Waals surface area (Å²) in [5.74, 6) is -0.527. The molecule has 2 rings (SSSR count). The highest BCUT2D eigenvalue weighted by atomic mass is 35.5. The molecule has 0 saturated carbocycles. The van der Waals surface area contributed by atoms with Gasteiger partial charge in [-0.3, -0.25) is 4.79 Å². The van der Waals surface area contributed by atoms with Crippen molar-refractivity contribution in [2.24, 2.45) is 0 Å². The normalized spacial score (nSPS) is 10.7. The number of nitrogens with one attached hydrogen (secondary N) is 1. The number of fused-ring (bicyclic) bond motifs is 1. The lowest BCUT2D eigenvalue weighted by molar-refractivity contribution is 0.0946. The first-order valence-electron chi connectivity index (χ1n) is 6.32. The zero-order valence-corrected chi connectivity index (χ0v) is 11.9. The molecule has 0 aliphatic heterocycles. The number of carbonyl (C=O) groups is 1. The van der Waals surface area contributed by atoms with Crippen LogP contribution in [0.1, 0.15) is 16.8 Å². The van der Waals surface area contributed by atoms with Gasteiger partial charge >= 0.3 is 0 Å². The number of carbonyl (C=O) groups excluding carboxylic acids is 1. The van der Waals surface area contributed by atoms with E-state index in [9.17, 15) is 9.90 Å². The second kappa shape index (κ2) is 6.59. The van der Waals surface area contributed by atoms with Crippen molar-refractivity contribution in [3.05, 3.63) is 40.9 Å². The summed E-state index contributed by atoms with van der Waals surface area (Å²) in [5, 5.41) is 14.5. The highest BCUT2D eigenvalue weighted by Gasteiger charge is 2.16. The van der Waals surface area contributed by atoms with Crippen molar-refractivity contribution in [3.63, 3.8) is 0 Å². The Labute approximate surface area is 122 Å². The van der Waals surface area contributed by atoms with Gasteiger partial charge in [0.2, 0.25) is 0 Å². The number of methoxy groups -OCH3 is 1. The van der Waals surface area contributed by atoms with E-state index in [1.165, 1.54) is 0 Å². The van der Waals surface area contributed by atoms with E-state index in [1.54, 1.807) is 19.2 Å². The minimum atomic E-state index is -0.341. The fourth-order valence-corrected chi connectivity index (χ4v) is 2.25. The van der Waals surface area contributed by atoms with E-state index < -0.39 is 0 Å². The van der Waals surface area contributed by atoms with Crippen molar-refractivity contribution in [1.29, 1.82) is 0 Å². The van der Waals surface area contributed by atoms with Gasteiger partial charge in [-0.15, -0.1) is 0 Å². The molecule has 2 N–H and O–H groups in total. The van der Waals surface area contributed by atoms with Crippen LogP contribution in [0.2, 0.25) is 5.02 Å². The molecular formula is C15H16ClNO3. The van der Waals surface area contributed by atoms with E-state index in [2.05, 4.69) is 5.32 Å². The van der Waals surface area contributed by atoms with Crippen molar-refractivity contribution in [2.75, 3.05) is 20.3 Å². The van der Waals surface area contributed by atoms with Gasteiger partial charge in [-0.05, 0) is 17.9 Å². The quantitative estimate of drug-likeness (QED) is 0.833. The summed E-state index contributed by atoms with van der Waals surface area (Å²) >= 11 is 6.11. The van der Waals surface area contributed by atoms with E-state index in [4.69, 9.17) is 16.3 Å². The fraction of sp³-hybridized carbons (Fsp3) is 0.267. The Kier molecular flexibility index (Phi) is 4.82. The summed E-state index contributed by atoms with van der Waals surface area (Å²) in [6.45, 7) is 1.06. The first-order valence-corrected chi connectivity index (χ1v) is 6.70. The third-order valence-corrected chi connectivity index (χ3v) is 3.40. The second-order valence-electron chi connectivity index (χ2n) is 4.41. The SMILES string of the molecule is COCCCNC(=O)c1cc2ccccc2c(Cl)c1O. The van der Waals surface area contributed by atoms with E-state index in [-0.39, 0.29) is 22.2 Å². The maximum Gasteiger partial charge on any atom is 0.255 e. The largest absolute Gasteiger partial charge is 0.506 e. The Morgan fingerprint density at radius 2 is 2.15 bits per heavy atom. The molecule has 2 aromatic rings. The number of phenolic OH excluding ortho intramolecular Hbond substituents is 1. The third-order valence-electron chi connectivity index (χ3n) is 3.02. The Morgan fingerprint density at radius 3 is 2.90 bits per heavy atom. The van der Waals surface area contributed by atoms with Gasteiger partial charge in [0.05, 0.1) is 10.6 Å². The number of amides is 1. The molecular weight excluding hydrogens is 278 g/mol. The van der Waals surface area contributed by atoms with Crippen LogP contribution in [0.15, 0.2) is 30.3 Å². The molecule has 0 atom stereocenters. The maximum atomic E-state index is 12.1. The number of hydrogen-bond donors (Lipinski definition) is 2. The van der Waals surface area contributed by atoms with Crippen LogP contribution < -0.4 is 5.32 Å². The molecule has 5 heteroatoms. The van der Waals surface area contributed by atoms with Gasteiger partial charge in [0.1, 0.15) is 5.75 Å². The minimum Gasteiger partial charge on any atom is -0.506 e. The lowest BCUT2D eigenvalue weighted by atomic mass is 10.1. The first kappa shape index (κ1) is 14.6. The standard InChI is InChI=1S/C15H16ClNO3/c1-20-8-4-7-17-15(19)12-9-10-5-2-3-6-11(10)13(16)14(12)18/h2-3,5-6,9,18H,4,7-8H2,1H3,(H,17,19). The monoisotopic (exact) mass is 293 g/mol. The molecule has 1 amide bonds. The molecule has 106 valence electrons. The van der Waals surface area contributed by atoms with Gasteiger partial charge in [-0.1, -0.05) is 35.9 Å². The second-order valence-corrected chi connectivity index (χ2v) is 4.79. The predicted octanol–water partition coefficient (Wildman–Crippen LogP) is 2.97. The van der Waals surface area contributed by atoms with Crippen LogP contribution in [0.25, 0.3) is 10.8 Å². The molecule has 0 unspecified atom stereocenters. The minimum absolute atomic E-state index is 0.186. The van der Waals surface area contributed by atoms with Gasteiger partial charge in [0.15, 0.2) is 0 Å². The average molecular weight is 294 g/mol. The molecule has 0 aliphatic rings. The third kappa shape index (κ3) is 3.03. The van der Waals surface area contributed by atoms with Crippen LogP contribution in [-0.4, -0.2) is 31.3 Å². The number of aromatic hydroxyl groups is 1. The van der Waals surface area contributed by atoms with Gasteiger partial charge in [0, 0.05) is 25.6 Å². The Bertz CT molecular complexity index is 628. The molecule has 0 spiro atoms. The summed E-state index contributed by atoms with van der Waals surface area (Å²) < 4.78 is 4.91. The number of halogens is 1. The molecule has 0 aliphatic carbocycles. The molecule has 20 heavy (non-hydrogen) atoms. The summed E-state index contributed by atoms with van der Waals surface area (Å²) in [5.41, 5.74) is 0.186. The van der Waals surface area contributed by atoms with Gasteiger partial charge < -0.3 is 15.2 Å². The Morgan fingerprint density at radius 1 is 1.40 bits per heavy atom. The highest BCUT2D eigenvalue weighted by molar-refractivity contribution is 6.37. The van der Waals surface area contributed by atoms with Crippen LogP contribution in [0.4, 0.5) is 0 Å². The summed E-state index contributed by atoms with van der Waals surface area (Å²) in [7, 11) is 1.61. The predicted molar refractivity (Wildman–Crippen MR) is 79.4 cm³/mol. The molecule has 0 aromatic heterocycles. The molecule has 0 bridgehead atoms. The van der Waals surface area contributed by atoms with E-state index >= 15 is 0 Å². The van der Waals surface area contributed by atoms with Gasteiger partial charge in [0.25, 0.3) is 5.91 Å². The number of hydrogen-bond acceptors (Lipinski definition) is 3. The smallest absolute Gasteiger partial charge is 0.255 e. The van der Waals surface area contributed by atoms with E-state index in [1.807, 2.05) is 18.2 Å². The van der Waals surface area contributed by atoms with Crippen molar-refractivity contribution >= 4 is 28.3 Å². The molecule has 2 aromatic carbocycles. The van der Waals surface area contributed by atoms with Crippen molar-refractivity contribution in [3.8, 4) is 5.75 Å². The zero-order chi connectivity index (χ0) is 14.5. The van der Waals surface area contributed by atoms with Crippen LogP contribution in [0, 0.1) is 0 Å². The van der Waals surface area contributed by atoms with Crippen LogP contribution in [0.3, 0.4) is 0 Å². The van der Waals surface area contributed by atoms with Crippen LogP contribution >= 0.6 is 11.6 Å². The highest BCUT2D eigenvalue weighted by Crippen LogP contribution is 2.35. The number of ether oxygens (including phenoxy) is 1. The van der Waals surface area contributed by atoms with Crippen LogP contribution in [0.5, 0.6) is 5.75 Å². The summed E-state index contributed by atoms with van der Waals surface area (Å²) in [6.07, 6.45) is 0.713. The number of phenols is 1. The summed E-state index contributed by atoms with van der Waals surface area (Å²) in [6, 6.07) is 8.98. The fourth-order valence-electron chi connectivity index (χ4n) is 1.98. The van der Waals surface area contributed by atoms with Crippen LogP contribution in [-0.2, 0) is 4.74 Å². The van der Waals surface area contributed by atoms with Crippen molar-refractivity contribution in [1.82, 2.24) is 5.32 Å². The maximum absolute atomic E-state index is 12.1. The Hall–Kier alpha value is -1.78. The van der Waals surface area contributed by atoms with E-state index in [0.29, 0.717) is 19.6 Å². The number of benzene rings is 2.